The summed E-state index contributed by atoms with van der Waals surface area (Å²) >= 11 is 0. The monoisotopic (exact) mass is 343 g/mol. The van der Waals surface area contributed by atoms with E-state index in [2.05, 4.69) is 23.5 Å². The number of nitriles is 2. The Morgan fingerprint density at radius 1 is 0.962 bits per heavy atom. The van der Waals surface area contributed by atoms with Crippen molar-refractivity contribution in [3.05, 3.63) is 65.2 Å². The van der Waals surface area contributed by atoms with Gasteiger partial charge in [-0.3, -0.25) is 4.79 Å². The maximum absolute atomic E-state index is 12.3. The van der Waals surface area contributed by atoms with Gasteiger partial charge >= 0.3 is 0 Å². The van der Waals surface area contributed by atoms with Gasteiger partial charge in [-0.05, 0) is 79.5 Å². The van der Waals surface area contributed by atoms with Crippen LogP contribution in [0.3, 0.4) is 0 Å². The molecule has 26 heavy (non-hydrogen) atoms. The minimum atomic E-state index is 0.0321. The fourth-order valence-electron chi connectivity index (χ4n) is 3.66. The van der Waals surface area contributed by atoms with E-state index < -0.39 is 0 Å². The van der Waals surface area contributed by atoms with Crippen molar-refractivity contribution in [1.82, 2.24) is 0 Å². The van der Waals surface area contributed by atoms with Gasteiger partial charge in [-0.25, -0.2) is 0 Å². The van der Waals surface area contributed by atoms with E-state index in [1.807, 2.05) is 18.2 Å². The third-order valence-corrected chi connectivity index (χ3v) is 5.11. The molecule has 0 atom stereocenters. The van der Waals surface area contributed by atoms with Gasteiger partial charge in [0.2, 0.25) is 5.91 Å². The third kappa shape index (κ3) is 4.49. The fourth-order valence-corrected chi connectivity index (χ4v) is 3.66. The molecule has 2 aromatic rings. The zero-order valence-electron chi connectivity index (χ0n) is 14.6. The van der Waals surface area contributed by atoms with Crippen LogP contribution in [-0.2, 0) is 4.79 Å². The summed E-state index contributed by atoms with van der Waals surface area (Å²) in [6, 6.07) is 19.1. The molecule has 0 unspecified atom stereocenters. The number of nitrogens with zero attached hydrogens (tertiary/aromatic N) is 2. The van der Waals surface area contributed by atoms with Gasteiger partial charge in [0.25, 0.3) is 0 Å². The molecule has 1 saturated carbocycles. The number of benzene rings is 2. The molecule has 0 aliphatic heterocycles. The Balaban J connectivity index is 1.49. The predicted octanol–water partition coefficient (Wildman–Crippen LogP) is 4.73. The Morgan fingerprint density at radius 2 is 1.65 bits per heavy atom. The number of carbonyl (C=O) groups is 1. The topological polar surface area (TPSA) is 76.7 Å². The van der Waals surface area contributed by atoms with Crippen LogP contribution in [0.4, 0.5) is 5.69 Å². The highest BCUT2D eigenvalue weighted by molar-refractivity contribution is 5.90. The van der Waals surface area contributed by atoms with E-state index in [1.165, 1.54) is 5.56 Å². The molecule has 3 rings (SSSR count). The van der Waals surface area contributed by atoms with E-state index in [1.54, 1.807) is 24.3 Å². The molecular formula is C22H21N3O. The van der Waals surface area contributed by atoms with Crippen LogP contribution in [0, 0.1) is 28.6 Å². The van der Waals surface area contributed by atoms with Crippen molar-refractivity contribution in [3.63, 3.8) is 0 Å². The van der Waals surface area contributed by atoms with Gasteiger partial charge in [-0.15, -0.1) is 0 Å². The van der Waals surface area contributed by atoms with Gasteiger partial charge in [0.05, 0.1) is 23.3 Å². The molecule has 4 heteroatoms. The van der Waals surface area contributed by atoms with Crippen LogP contribution in [-0.4, -0.2) is 5.91 Å². The molecule has 0 bridgehead atoms. The molecule has 4 nitrogen and oxygen atoms in total. The molecule has 0 spiro atoms. The van der Waals surface area contributed by atoms with E-state index in [0.29, 0.717) is 29.4 Å². The van der Waals surface area contributed by atoms with E-state index in [-0.39, 0.29) is 5.91 Å². The van der Waals surface area contributed by atoms with Gasteiger partial charge in [0.1, 0.15) is 0 Å². The molecule has 0 saturated heterocycles. The summed E-state index contributed by atoms with van der Waals surface area (Å²) in [5, 5.41) is 20.8. The quantitative estimate of drug-likeness (QED) is 0.871. The highest BCUT2D eigenvalue weighted by atomic mass is 16.1. The van der Waals surface area contributed by atoms with Gasteiger partial charge in [0.15, 0.2) is 0 Å². The standard InChI is InChI=1S/C22H21N3O/c23-14-17-6-10-21(11-7-17)25-22(26)13-16-4-8-19(9-5-16)20-3-1-2-18(12-20)15-24/h1-3,6-7,10-12,16,19H,4-5,8-9,13H2,(H,25,26)/t16-,19-. The summed E-state index contributed by atoms with van der Waals surface area (Å²) < 4.78 is 0. The molecule has 0 heterocycles. The minimum Gasteiger partial charge on any atom is -0.326 e. The predicted molar refractivity (Wildman–Crippen MR) is 100 cm³/mol. The Hall–Kier alpha value is -3.11. The van der Waals surface area contributed by atoms with Crippen molar-refractivity contribution in [2.24, 2.45) is 5.92 Å². The van der Waals surface area contributed by atoms with E-state index >= 15 is 0 Å². The van der Waals surface area contributed by atoms with Crippen molar-refractivity contribution in [3.8, 4) is 12.1 Å². The van der Waals surface area contributed by atoms with Gasteiger partial charge in [-0.1, -0.05) is 12.1 Å². The number of hydrogen-bond acceptors (Lipinski definition) is 3. The summed E-state index contributed by atoms with van der Waals surface area (Å²) in [6.45, 7) is 0. The van der Waals surface area contributed by atoms with Crippen molar-refractivity contribution in [2.75, 3.05) is 5.32 Å². The first kappa shape index (κ1) is 17.7. The Bertz CT molecular complexity index is 850. The van der Waals surface area contributed by atoms with Crippen LogP contribution in [0.25, 0.3) is 0 Å². The van der Waals surface area contributed by atoms with Crippen molar-refractivity contribution >= 4 is 11.6 Å². The SMILES string of the molecule is N#Cc1ccc(NC(=O)C[C@H]2CC[C@H](c3cccc(C#N)c3)CC2)cc1. The van der Waals surface area contributed by atoms with Crippen LogP contribution in [0.1, 0.15) is 54.7 Å². The molecule has 0 aromatic heterocycles. The first-order valence-electron chi connectivity index (χ1n) is 8.98. The van der Waals surface area contributed by atoms with Crippen LogP contribution < -0.4 is 5.32 Å². The second-order valence-corrected chi connectivity index (χ2v) is 6.90. The molecule has 1 N–H and O–H groups in total. The number of amides is 1. The molecule has 1 aliphatic rings. The Labute approximate surface area is 154 Å². The molecule has 130 valence electrons. The zero-order chi connectivity index (χ0) is 18.4. The average molecular weight is 343 g/mol. The van der Waals surface area contributed by atoms with Crippen molar-refractivity contribution in [1.29, 1.82) is 10.5 Å². The lowest BCUT2D eigenvalue weighted by atomic mass is 9.77. The maximum atomic E-state index is 12.3. The average Bonchev–Trinajstić information content (AvgIpc) is 2.69. The normalized spacial score (nSPS) is 19.2. The lowest BCUT2D eigenvalue weighted by molar-refractivity contribution is -0.117. The number of anilines is 1. The largest absolute Gasteiger partial charge is 0.326 e. The van der Waals surface area contributed by atoms with E-state index in [0.717, 1.165) is 31.4 Å². The van der Waals surface area contributed by atoms with Gasteiger partial charge in [-0.2, -0.15) is 10.5 Å². The second kappa shape index (κ2) is 8.32. The first-order chi connectivity index (χ1) is 12.7. The van der Waals surface area contributed by atoms with E-state index in [9.17, 15) is 4.79 Å². The first-order valence-corrected chi connectivity index (χ1v) is 8.98. The van der Waals surface area contributed by atoms with Gasteiger partial charge < -0.3 is 5.32 Å². The number of hydrogen-bond donors (Lipinski definition) is 1. The zero-order valence-corrected chi connectivity index (χ0v) is 14.6. The number of carbonyl (C=O) groups excluding carboxylic acids is 1. The fraction of sp³-hybridized carbons (Fsp3) is 0.318. The second-order valence-electron chi connectivity index (χ2n) is 6.90. The van der Waals surface area contributed by atoms with Crippen molar-refractivity contribution in [2.45, 2.75) is 38.0 Å². The van der Waals surface area contributed by atoms with Gasteiger partial charge in [0, 0.05) is 12.1 Å². The van der Waals surface area contributed by atoms with Crippen LogP contribution >= 0.6 is 0 Å². The molecule has 0 radical (unpaired) electrons. The van der Waals surface area contributed by atoms with E-state index in [4.69, 9.17) is 10.5 Å². The Morgan fingerprint density at radius 3 is 2.31 bits per heavy atom. The summed E-state index contributed by atoms with van der Waals surface area (Å²) in [5.74, 6) is 0.926. The van der Waals surface area contributed by atoms with Crippen molar-refractivity contribution < 1.29 is 4.79 Å². The summed E-state index contributed by atoms with van der Waals surface area (Å²) in [5.41, 5.74) is 3.27. The summed E-state index contributed by atoms with van der Waals surface area (Å²) in [6.07, 6.45) is 4.71. The molecule has 1 aliphatic carbocycles. The Kier molecular flexibility index (Phi) is 5.66. The molecular weight excluding hydrogens is 322 g/mol. The van der Waals surface area contributed by atoms with Crippen LogP contribution in [0.2, 0.25) is 0 Å². The third-order valence-electron chi connectivity index (χ3n) is 5.11. The minimum absolute atomic E-state index is 0.0321. The summed E-state index contributed by atoms with van der Waals surface area (Å²) in [7, 11) is 0. The highest BCUT2D eigenvalue weighted by Gasteiger charge is 2.24. The maximum Gasteiger partial charge on any atom is 0.224 e. The molecule has 2 aromatic carbocycles. The smallest absolute Gasteiger partial charge is 0.224 e. The highest BCUT2D eigenvalue weighted by Crippen LogP contribution is 2.37. The summed E-state index contributed by atoms with van der Waals surface area (Å²) in [4.78, 5) is 12.3. The van der Waals surface area contributed by atoms with Crippen LogP contribution in [0.5, 0.6) is 0 Å². The lowest BCUT2D eigenvalue weighted by Gasteiger charge is -2.28. The molecule has 1 amide bonds. The van der Waals surface area contributed by atoms with Crippen LogP contribution in [0.15, 0.2) is 48.5 Å². The molecule has 1 fully saturated rings. The number of nitrogens with one attached hydrogen (secondary N) is 1. The number of rotatable bonds is 4. The lowest BCUT2D eigenvalue weighted by Crippen LogP contribution is -2.20.